The van der Waals surface area contributed by atoms with Gasteiger partial charge in [-0.05, 0) is 43.3 Å². The number of nitrogens with zero attached hydrogens (tertiary/aromatic N) is 3. The number of rotatable bonds is 7. The van der Waals surface area contributed by atoms with Crippen LogP contribution in [0.5, 0.6) is 11.5 Å². The van der Waals surface area contributed by atoms with Crippen molar-refractivity contribution in [3.63, 3.8) is 0 Å². The molecule has 2 aromatic heterocycles. The van der Waals surface area contributed by atoms with E-state index in [4.69, 9.17) is 14.2 Å². The van der Waals surface area contributed by atoms with Gasteiger partial charge in [0.15, 0.2) is 11.5 Å². The number of esters is 1. The first-order valence-electron chi connectivity index (χ1n) is 10.0. The lowest BCUT2D eigenvalue weighted by atomic mass is 10.1. The van der Waals surface area contributed by atoms with Gasteiger partial charge in [0.1, 0.15) is 11.6 Å². The van der Waals surface area contributed by atoms with E-state index in [0.29, 0.717) is 38.4 Å². The lowest BCUT2D eigenvalue weighted by Gasteiger charge is -2.11. The number of ether oxygens (including phenoxy) is 3. The molecule has 0 fully saturated rings. The van der Waals surface area contributed by atoms with Crippen molar-refractivity contribution in [2.45, 2.75) is 13.5 Å². The monoisotopic (exact) mass is 480 g/mol. The second-order valence-electron chi connectivity index (χ2n) is 7.08. The molecule has 4 aromatic rings. The van der Waals surface area contributed by atoms with Gasteiger partial charge in [-0.2, -0.15) is 9.61 Å². The zero-order valence-corrected chi connectivity index (χ0v) is 19.3. The van der Waals surface area contributed by atoms with Crippen LogP contribution in [-0.2, 0) is 11.3 Å². The maximum absolute atomic E-state index is 12.6. The van der Waals surface area contributed by atoms with Crippen LogP contribution in [0.1, 0.15) is 31.4 Å². The summed E-state index contributed by atoms with van der Waals surface area (Å²) in [7, 11) is 2.99. The van der Waals surface area contributed by atoms with Crippen molar-refractivity contribution in [1.82, 2.24) is 14.6 Å². The third kappa shape index (κ3) is 4.89. The molecule has 174 valence electrons. The van der Waals surface area contributed by atoms with Crippen LogP contribution in [0.2, 0.25) is 0 Å². The summed E-state index contributed by atoms with van der Waals surface area (Å²) < 4.78 is 16.9. The SMILES string of the molecule is COc1ccc(C(=O)Nc2cccc(C(=O)OCc3cc(=O)n4nc(C)sc4n3)c2)cc1OC. The Morgan fingerprint density at radius 2 is 1.82 bits per heavy atom. The third-order valence-electron chi connectivity index (χ3n) is 4.75. The van der Waals surface area contributed by atoms with Crippen LogP contribution in [0.25, 0.3) is 4.96 Å². The van der Waals surface area contributed by atoms with Crippen LogP contribution in [0.15, 0.2) is 53.3 Å². The van der Waals surface area contributed by atoms with Gasteiger partial charge in [-0.3, -0.25) is 9.59 Å². The zero-order valence-electron chi connectivity index (χ0n) is 18.5. The molecule has 11 heteroatoms. The molecule has 0 aliphatic heterocycles. The quantitative estimate of drug-likeness (QED) is 0.401. The summed E-state index contributed by atoms with van der Waals surface area (Å²) in [6, 6.07) is 12.4. The normalized spacial score (nSPS) is 10.7. The van der Waals surface area contributed by atoms with Crippen molar-refractivity contribution >= 4 is 33.9 Å². The van der Waals surface area contributed by atoms with Gasteiger partial charge in [0.05, 0.1) is 25.5 Å². The molecule has 0 spiro atoms. The lowest BCUT2D eigenvalue weighted by molar-refractivity contribution is 0.0467. The maximum atomic E-state index is 12.6. The fourth-order valence-corrected chi connectivity index (χ4v) is 3.92. The largest absolute Gasteiger partial charge is 0.493 e. The Kier molecular flexibility index (Phi) is 6.55. The van der Waals surface area contributed by atoms with Crippen LogP contribution in [0, 0.1) is 6.92 Å². The van der Waals surface area contributed by atoms with Crippen LogP contribution in [0.3, 0.4) is 0 Å². The Bertz CT molecular complexity index is 1450. The summed E-state index contributed by atoms with van der Waals surface area (Å²) in [5.41, 5.74) is 0.973. The average molecular weight is 481 g/mol. The number of carbonyl (C=O) groups is 2. The predicted molar refractivity (Wildman–Crippen MR) is 125 cm³/mol. The number of amides is 1. The summed E-state index contributed by atoms with van der Waals surface area (Å²) in [5.74, 6) is -0.0768. The Hall–Kier alpha value is -4.25. The molecule has 2 heterocycles. The van der Waals surface area contributed by atoms with E-state index in [1.807, 2.05) is 0 Å². The molecule has 0 saturated heterocycles. The molecule has 34 heavy (non-hydrogen) atoms. The van der Waals surface area contributed by atoms with Crippen LogP contribution >= 0.6 is 11.3 Å². The van der Waals surface area contributed by atoms with Gasteiger partial charge >= 0.3 is 5.97 Å². The smallest absolute Gasteiger partial charge is 0.338 e. The van der Waals surface area contributed by atoms with E-state index >= 15 is 0 Å². The van der Waals surface area contributed by atoms with Gasteiger partial charge in [0.2, 0.25) is 4.96 Å². The number of hydrogen-bond acceptors (Lipinski definition) is 9. The topological polar surface area (TPSA) is 121 Å². The number of aromatic nitrogens is 3. The highest BCUT2D eigenvalue weighted by molar-refractivity contribution is 7.16. The number of benzene rings is 2. The van der Waals surface area contributed by atoms with Crippen molar-refractivity contribution in [2.75, 3.05) is 19.5 Å². The first-order valence-corrected chi connectivity index (χ1v) is 10.9. The minimum Gasteiger partial charge on any atom is -0.493 e. The summed E-state index contributed by atoms with van der Waals surface area (Å²) in [5, 5.41) is 7.52. The average Bonchev–Trinajstić information content (AvgIpc) is 3.23. The van der Waals surface area contributed by atoms with E-state index in [-0.39, 0.29) is 23.6 Å². The van der Waals surface area contributed by atoms with E-state index in [2.05, 4.69) is 15.4 Å². The number of nitrogens with one attached hydrogen (secondary N) is 1. The summed E-state index contributed by atoms with van der Waals surface area (Å²) in [6.45, 7) is 1.60. The molecule has 0 saturated carbocycles. The zero-order chi connectivity index (χ0) is 24.2. The number of carbonyl (C=O) groups excluding carboxylic acids is 2. The number of fused-ring (bicyclic) bond motifs is 1. The minimum atomic E-state index is -0.621. The van der Waals surface area contributed by atoms with Gasteiger partial charge in [-0.15, -0.1) is 0 Å². The first kappa shape index (κ1) is 22.9. The molecule has 0 unspecified atom stereocenters. The number of hydrogen-bond donors (Lipinski definition) is 1. The van der Waals surface area contributed by atoms with Gasteiger partial charge in [0.25, 0.3) is 11.5 Å². The van der Waals surface area contributed by atoms with Gasteiger partial charge in [-0.25, -0.2) is 9.78 Å². The molecule has 0 aliphatic carbocycles. The molecule has 0 radical (unpaired) electrons. The summed E-state index contributed by atoms with van der Waals surface area (Å²) >= 11 is 1.27. The molecule has 0 atom stereocenters. The van der Waals surface area contributed by atoms with Crippen molar-refractivity contribution in [3.05, 3.63) is 80.7 Å². The van der Waals surface area contributed by atoms with E-state index in [9.17, 15) is 14.4 Å². The second-order valence-corrected chi connectivity index (χ2v) is 8.24. The van der Waals surface area contributed by atoms with E-state index in [1.54, 1.807) is 43.3 Å². The third-order valence-corrected chi connectivity index (χ3v) is 5.58. The Morgan fingerprint density at radius 3 is 2.59 bits per heavy atom. The molecular formula is C23H20N4O6S. The molecule has 1 N–H and O–H groups in total. The minimum absolute atomic E-state index is 0.177. The number of aryl methyl sites for hydroxylation is 1. The van der Waals surface area contributed by atoms with Crippen LogP contribution in [0.4, 0.5) is 5.69 Å². The molecule has 4 rings (SSSR count). The Morgan fingerprint density at radius 1 is 1.03 bits per heavy atom. The molecule has 0 bridgehead atoms. The molecule has 0 aliphatic rings. The molecule has 10 nitrogen and oxygen atoms in total. The standard InChI is InChI=1S/C23H20N4O6S/c1-13-26-27-20(28)11-17(25-23(27)34-13)12-33-22(30)15-5-4-6-16(9-15)24-21(29)14-7-8-18(31-2)19(10-14)32-3/h4-11H,12H2,1-3H3,(H,24,29). The first-order chi connectivity index (χ1) is 16.4. The molecule has 1 amide bonds. The highest BCUT2D eigenvalue weighted by Gasteiger charge is 2.14. The second kappa shape index (κ2) is 9.71. The van der Waals surface area contributed by atoms with Gasteiger partial charge in [-0.1, -0.05) is 17.4 Å². The van der Waals surface area contributed by atoms with Gasteiger partial charge < -0.3 is 19.5 Å². The lowest BCUT2D eigenvalue weighted by Crippen LogP contribution is -2.16. The van der Waals surface area contributed by atoms with E-state index in [1.165, 1.54) is 42.2 Å². The summed E-state index contributed by atoms with van der Waals surface area (Å²) in [4.78, 5) is 42.1. The van der Waals surface area contributed by atoms with Crippen molar-refractivity contribution in [2.24, 2.45) is 0 Å². The Labute approximate surface area is 197 Å². The highest BCUT2D eigenvalue weighted by atomic mass is 32.1. The number of anilines is 1. The molecular weight excluding hydrogens is 460 g/mol. The predicted octanol–water partition coefficient (Wildman–Crippen LogP) is 3.09. The Balaban J connectivity index is 1.44. The van der Waals surface area contributed by atoms with Crippen molar-refractivity contribution < 1.29 is 23.8 Å². The van der Waals surface area contributed by atoms with Crippen LogP contribution in [-0.4, -0.2) is 40.7 Å². The van der Waals surface area contributed by atoms with Crippen LogP contribution < -0.4 is 20.3 Å². The van der Waals surface area contributed by atoms with E-state index < -0.39 is 5.97 Å². The maximum Gasteiger partial charge on any atom is 0.338 e. The van der Waals surface area contributed by atoms with Crippen molar-refractivity contribution in [1.29, 1.82) is 0 Å². The highest BCUT2D eigenvalue weighted by Crippen LogP contribution is 2.28. The van der Waals surface area contributed by atoms with E-state index in [0.717, 1.165) is 0 Å². The fraction of sp³-hybridized carbons (Fsp3) is 0.174. The van der Waals surface area contributed by atoms with Gasteiger partial charge in [0, 0.05) is 17.3 Å². The number of methoxy groups -OCH3 is 2. The summed E-state index contributed by atoms with van der Waals surface area (Å²) in [6.07, 6.45) is 0. The fourth-order valence-electron chi connectivity index (χ4n) is 3.15. The van der Waals surface area contributed by atoms with Crippen molar-refractivity contribution in [3.8, 4) is 11.5 Å². The molecule has 2 aromatic carbocycles.